The molecule has 0 aliphatic heterocycles. The van der Waals surface area contributed by atoms with Gasteiger partial charge < -0.3 is 0 Å². The van der Waals surface area contributed by atoms with E-state index in [-0.39, 0.29) is 0 Å². The number of unbranched alkanes of at least 4 members (excludes halogenated alkanes) is 1. The fourth-order valence-corrected chi connectivity index (χ4v) is 3.41. The number of allylic oxidation sites excluding steroid dienone is 1. The Morgan fingerprint density at radius 2 is 1.82 bits per heavy atom. The van der Waals surface area contributed by atoms with Crippen LogP contribution in [0.2, 0.25) is 0 Å². The van der Waals surface area contributed by atoms with Gasteiger partial charge in [0.25, 0.3) is 0 Å². The highest BCUT2D eigenvalue weighted by Crippen LogP contribution is 2.30. The first kappa shape index (κ1) is 15.1. The van der Waals surface area contributed by atoms with Gasteiger partial charge in [-0.3, -0.25) is 0 Å². The molecule has 3 rings (SSSR count). The summed E-state index contributed by atoms with van der Waals surface area (Å²) in [5, 5.41) is 0. The lowest BCUT2D eigenvalue weighted by Gasteiger charge is -2.22. The van der Waals surface area contributed by atoms with Gasteiger partial charge in [0.15, 0.2) is 0 Å². The molecule has 1 aliphatic rings. The largest absolute Gasteiger partial charge is 0.103 e. The summed E-state index contributed by atoms with van der Waals surface area (Å²) in [6.45, 7) is 6.20. The Hall–Kier alpha value is -1.82. The summed E-state index contributed by atoms with van der Waals surface area (Å²) in [5.41, 5.74) is 7.20. The van der Waals surface area contributed by atoms with E-state index in [2.05, 4.69) is 62.0 Å². The number of hydrogen-bond acceptors (Lipinski definition) is 0. The van der Waals surface area contributed by atoms with Crippen LogP contribution >= 0.6 is 0 Å². The van der Waals surface area contributed by atoms with E-state index in [1.165, 1.54) is 59.9 Å². The molecule has 0 heterocycles. The van der Waals surface area contributed by atoms with Gasteiger partial charge in [0.05, 0.1) is 0 Å². The summed E-state index contributed by atoms with van der Waals surface area (Å²) in [4.78, 5) is 0. The molecule has 1 aliphatic carbocycles. The second-order valence-corrected chi connectivity index (χ2v) is 6.52. The van der Waals surface area contributed by atoms with Gasteiger partial charge in [-0.05, 0) is 65.8 Å². The van der Waals surface area contributed by atoms with E-state index >= 15 is 0 Å². The Kier molecular flexibility index (Phi) is 4.77. The highest BCUT2D eigenvalue weighted by Gasteiger charge is 2.16. The smallest absolute Gasteiger partial charge is 0.0181 e. The lowest BCUT2D eigenvalue weighted by molar-refractivity contribution is 0.554. The number of rotatable bonds is 5. The van der Waals surface area contributed by atoms with Gasteiger partial charge in [-0.1, -0.05) is 61.9 Å². The van der Waals surface area contributed by atoms with Crippen molar-refractivity contribution in [1.29, 1.82) is 0 Å². The summed E-state index contributed by atoms with van der Waals surface area (Å²) in [5.74, 6) is 0.663. The normalized spacial score (nSPS) is 17.0. The zero-order valence-electron chi connectivity index (χ0n) is 13.6. The Labute approximate surface area is 134 Å². The molecule has 0 saturated heterocycles. The van der Waals surface area contributed by atoms with Crippen LogP contribution in [0.5, 0.6) is 0 Å². The molecule has 1 unspecified atom stereocenters. The monoisotopic (exact) mass is 290 g/mol. The Balaban J connectivity index is 1.79. The second-order valence-electron chi connectivity index (χ2n) is 6.52. The molecule has 0 amide bonds. The predicted octanol–water partition coefficient (Wildman–Crippen LogP) is 5.99. The van der Waals surface area contributed by atoms with Crippen molar-refractivity contribution in [2.24, 2.45) is 5.92 Å². The average molecular weight is 290 g/mol. The minimum absolute atomic E-state index is 0.663. The van der Waals surface area contributed by atoms with Crippen molar-refractivity contribution in [2.45, 2.75) is 45.4 Å². The van der Waals surface area contributed by atoms with Crippen LogP contribution in [0.1, 0.15) is 42.9 Å². The van der Waals surface area contributed by atoms with Crippen molar-refractivity contribution >= 4 is 0 Å². The fourth-order valence-electron chi connectivity index (χ4n) is 3.41. The third-order valence-corrected chi connectivity index (χ3v) is 4.91. The highest BCUT2D eigenvalue weighted by atomic mass is 14.2. The first-order valence-corrected chi connectivity index (χ1v) is 8.64. The summed E-state index contributed by atoms with van der Waals surface area (Å²) in [6, 6.07) is 16.1. The number of hydrogen-bond donors (Lipinski definition) is 0. The van der Waals surface area contributed by atoms with Gasteiger partial charge >= 0.3 is 0 Å². The van der Waals surface area contributed by atoms with E-state index in [1.807, 2.05) is 0 Å². The molecule has 22 heavy (non-hydrogen) atoms. The van der Waals surface area contributed by atoms with Crippen LogP contribution < -0.4 is 0 Å². The molecule has 0 radical (unpaired) electrons. The van der Waals surface area contributed by atoms with Crippen molar-refractivity contribution in [3.63, 3.8) is 0 Å². The number of aryl methyl sites for hydroxylation is 2. The molecule has 2 aromatic carbocycles. The van der Waals surface area contributed by atoms with Crippen LogP contribution in [0, 0.1) is 5.92 Å². The van der Waals surface area contributed by atoms with E-state index in [1.54, 1.807) is 0 Å². The third-order valence-electron chi connectivity index (χ3n) is 4.91. The summed E-state index contributed by atoms with van der Waals surface area (Å²) < 4.78 is 0. The van der Waals surface area contributed by atoms with Crippen molar-refractivity contribution in [3.8, 4) is 11.1 Å². The lowest BCUT2D eigenvalue weighted by atomic mass is 9.83. The summed E-state index contributed by atoms with van der Waals surface area (Å²) in [7, 11) is 0. The van der Waals surface area contributed by atoms with Gasteiger partial charge in [-0.2, -0.15) is 0 Å². The molecule has 0 aromatic heterocycles. The van der Waals surface area contributed by atoms with Gasteiger partial charge in [-0.25, -0.2) is 0 Å². The molecule has 114 valence electrons. The molecule has 0 nitrogen and oxygen atoms in total. The minimum atomic E-state index is 0.663. The third kappa shape index (κ3) is 3.32. The van der Waals surface area contributed by atoms with Crippen molar-refractivity contribution in [3.05, 3.63) is 71.8 Å². The lowest BCUT2D eigenvalue weighted by Crippen LogP contribution is -2.11. The first-order chi connectivity index (χ1) is 10.8. The topological polar surface area (TPSA) is 0 Å². The van der Waals surface area contributed by atoms with Gasteiger partial charge in [0.1, 0.15) is 0 Å². The Morgan fingerprint density at radius 1 is 1.05 bits per heavy atom. The minimum Gasteiger partial charge on any atom is -0.103 e. The van der Waals surface area contributed by atoms with E-state index in [0.29, 0.717) is 5.92 Å². The van der Waals surface area contributed by atoms with Crippen molar-refractivity contribution in [1.82, 2.24) is 0 Å². The zero-order valence-corrected chi connectivity index (χ0v) is 13.6. The summed E-state index contributed by atoms with van der Waals surface area (Å²) in [6.07, 6.45) is 9.45. The van der Waals surface area contributed by atoms with Crippen LogP contribution in [-0.4, -0.2) is 0 Å². The molecule has 2 aromatic rings. The van der Waals surface area contributed by atoms with Gasteiger partial charge in [0.2, 0.25) is 0 Å². The molecular weight excluding hydrogens is 264 g/mol. The van der Waals surface area contributed by atoms with Crippen molar-refractivity contribution < 1.29 is 0 Å². The maximum atomic E-state index is 3.95. The summed E-state index contributed by atoms with van der Waals surface area (Å²) >= 11 is 0. The standard InChI is InChI=1S/C22H26/c1-3-5-6-18-8-10-19(11-9-18)21-14-13-20-15-17(4-2)7-12-22(20)16-21/h4,8-11,13-14,16-17H,2-3,5-7,12,15H2,1H3. The maximum absolute atomic E-state index is 3.95. The van der Waals surface area contributed by atoms with Gasteiger partial charge in [-0.15, -0.1) is 6.58 Å². The Morgan fingerprint density at radius 3 is 2.55 bits per heavy atom. The zero-order chi connectivity index (χ0) is 15.4. The molecule has 0 bridgehead atoms. The second kappa shape index (κ2) is 6.96. The molecule has 0 saturated carbocycles. The van der Waals surface area contributed by atoms with Crippen molar-refractivity contribution in [2.75, 3.05) is 0 Å². The molecular formula is C22H26. The molecule has 1 atom stereocenters. The van der Waals surface area contributed by atoms with Crippen LogP contribution in [0.15, 0.2) is 55.1 Å². The molecule has 0 fully saturated rings. The fraction of sp³-hybridized carbons (Fsp3) is 0.364. The SMILES string of the molecule is C=CC1CCc2cc(-c3ccc(CCCC)cc3)ccc2C1. The molecule has 0 N–H and O–H groups in total. The van der Waals surface area contributed by atoms with Crippen LogP contribution in [0.25, 0.3) is 11.1 Å². The molecule has 0 spiro atoms. The quantitative estimate of drug-likeness (QED) is 0.593. The predicted molar refractivity (Wildman–Crippen MR) is 96.2 cm³/mol. The van der Waals surface area contributed by atoms with Crippen LogP contribution in [0.3, 0.4) is 0 Å². The van der Waals surface area contributed by atoms with E-state index < -0.39 is 0 Å². The van der Waals surface area contributed by atoms with Crippen LogP contribution in [-0.2, 0) is 19.3 Å². The van der Waals surface area contributed by atoms with Gasteiger partial charge in [0, 0.05) is 0 Å². The maximum Gasteiger partial charge on any atom is -0.0181 e. The number of benzene rings is 2. The van der Waals surface area contributed by atoms with E-state index in [9.17, 15) is 0 Å². The van der Waals surface area contributed by atoms with Crippen LogP contribution in [0.4, 0.5) is 0 Å². The molecule has 0 heteroatoms. The van der Waals surface area contributed by atoms with E-state index in [4.69, 9.17) is 0 Å². The number of fused-ring (bicyclic) bond motifs is 1. The highest BCUT2D eigenvalue weighted by molar-refractivity contribution is 5.65. The average Bonchev–Trinajstić information content (AvgIpc) is 2.59. The van der Waals surface area contributed by atoms with E-state index in [0.717, 1.165) is 6.42 Å². The first-order valence-electron chi connectivity index (χ1n) is 8.64. The Bertz CT molecular complexity index is 634.